The Labute approximate surface area is 158 Å². The van der Waals surface area contributed by atoms with Crippen LogP contribution in [0.15, 0.2) is 12.4 Å². The van der Waals surface area contributed by atoms with E-state index >= 15 is 0 Å². The second-order valence-corrected chi connectivity index (χ2v) is 7.20. The monoisotopic (exact) mass is 371 g/mol. The molecule has 27 heavy (non-hydrogen) atoms. The molecule has 1 aliphatic carbocycles. The minimum Gasteiger partial charge on any atom is -0.472 e. The van der Waals surface area contributed by atoms with Crippen molar-refractivity contribution in [2.24, 2.45) is 5.92 Å². The van der Waals surface area contributed by atoms with Crippen LogP contribution >= 0.6 is 0 Å². The number of aromatic nitrogens is 2. The van der Waals surface area contributed by atoms with E-state index in [1.165, 1.54) is 12.4 Å². The summed E-state index contributed by atoms with van der Waals surface area (Å²) >= 11 is 0. The first kappa shape index (κ1) is 19.1. The molecular weight excluding hydrogens is 346 g/mol. The van der Waals surface area contributed by atoms with Crippen molar-refractivity contribution in [3.05, 3.63) is 18.1 Å². The molecule has 0 bridgehead atoms. The Balaban J connectivity index is 1.42. The fraction of sp³-hybridized carbons (Fsp3) is 0.632. The summed E-state index contributed by atoms with van der Waals surface area (Å²) in [7, 11) is 0. The van der Waals surface area contributed by atoms with Crippen LogP contribution in [0, 0.1) is 17.2 Å². The Morgan fingerprint density at radius 2 is 1.81 bits per heavy atom. The molecule has 8 heteroatoms. The Morgan fingerprint density at radius 1 is 1.15 bits per heavy atom. The largest absolute Gasteiger partial charge is 0.472 e. The molecule has 1 N–H and O–H groups in total. The van der Waals surface area contributed by atoms with Gasteiger partial charge in [0, 0.05) is 44.4 Å². The van der Waals surface area contributed by atoms with Crippen molar-refractivity contribution < 1.29 is 14.3 Å². The van der Waals surface area contributed by atoms with E-state index in [1.54, 1.807) is 11.8 Å². The highest BCUT2D eigenvalue weighted by Crippen LogP contribution is 2.25. The minimum absolute atomic E-state index is 0.00708. The zero-order valence-electron chi connectivity index (χ0n) is 15.6. The van der Waals surface area contributed by atoms with Crippen molar-refractivity contribution in [3.8, 4) is 11.9 Å². The van der Waals surface area contributed by atoms with Crippen LogP contribution in [0.4, 0.5) is 0 Å². The lowest BCUT2D eigenvalue weighted by Gasteiger charge is -2.33. The van der Waals surface area contributed by atoms with Gasteiger partial charge in [0.05, 0.1) is 0 Å². The van der Waals surface area contributed by atoms with Gasteiger partial charge in [-0.3, -0.25) is 9.59 Å². The Morgan fingerprint density at radius 3 is 2.44 bits per heavy atom. The number of hydrogen-bond acceptors (Lipinski definition) is 6. The first-order valence-corrected chi connectivity index (χ1v) is 9.50. The first-order chi connectivity index (χ1) is 13.1. The van der Waals surface area contributed by atoms with Gasteiger partial charge in [-0.05, 0) is 38.5 Å². The molecule has 1 saturated heterocycles. The molecule has 0 radical (unpaired) electrons. The smallest absolute Gasteiger partial charge is 0.251 e. The lowest BCUT2D eigenvalue weighted by Crippen LogP contribution is -2.46. The lowest BCUT2D eigenvalue weighted by molar-refractivity contribution is -0.134. The van der Waals surface area contributed by atoms with Crippen LogP contribution in [0.3, 0.4) is 0 Å². The van der Waals surface area contributed by atoms with E-state index in [4.69, 9.17) is 10.00 Å². The number of nitrogens with one attached hydrogen (secondary N) is 1. The van der Waals surface area contributed by atoms with Gasteiger partial charge in [0.2, 0.25) is 17.5 Å². The SMILES string of the molecule is CC(=O)N1CCC(C(=O)NC2CCC(Oc3nccnc3C#N)CC2)CC1. The highest BCUT2D eigenvalue weighted by atomic mass is 16.5. The molecule has 2 fully saturated rings. The van der Waals surface area contributed by atoms with Crippen molar-refractivity contribution in [2.75, 3.05) is 13.1 Å². The van der Waals surface area contributed by atoms with Crippen molar-refractivity contribution in [1.29, 1.82) is 5.26 Å². The van der Waals surface area contributed by atoms with Crippen LogP contribution in [0.1, 0.15) is 51.1 Å². The van der Waals surface area contributed by atoms with Crippen LogP contribution in [0.25, 0.3) is 0 Å². The van der Waals surface area contributed by atoms with Crippen LogP contribution < -0.4 is 10.1 Å². The summed E-state index contributed by atoms with van der Waals surface area (Å²) in [5.74, 6) is 0.454. The average molecular weight is 371 g/mol. The Kier molecular flexibility index (Phi) is 6.22. The van der Waals surface area contributed by atoms with Gasteiger partial charge in [0.15, 0.2) is 0 Å². The molecule has 1 aromatic rings. The Hall–Kier alpha value is -2.69. The van der Waals surface area contributed by atoms with E-state index in [0.717, 1.165) is 38.5 Å². The number of carbonyl (C=O) groups is 2. The molecule has 2 aliphatic rings. The van der Waals surface area contributed by atoms with E-state index < -0.39 is 0 Å². The zero-order valence-corrected chi connectivity index (χ0v) is 15.6. The zero-order chi connectivity index (χ0) is 19.2. The van der Waals surface area contributed by atoms with E-state index in [2.05, 4.69) is 15.3 Å². The third-order valence-corrected chi connectivity index (χ3v) is 5.38. The molecule has 0 unspecified atom stereocenters. The van der Waals surface area contributed by atoms with Crippen LogP contribution in [0.2, 0.25) is 0 Å². The first-order valence-electron chi connectivity index (χ1n) is 9.50. The molecular formula is C19H25N5O3. The highest BCUT2D eigenvalue weighted by Gasteiger charge is 2.29. The van der Waals surface area contributed by atoms with Gasteiger partial charge in [-0.1, -0.05) is 0 Å². The summed E-state index contributed by atoms with van der Waals surface area (Å²) < 4.78 is 5.83. The third kappa shape index (κ3) is 4.94. The number of piperidine rings is 1. The molecule has 2 amide bonds. The molecule has 144 valence electrons. The second-order valence-electron chi connectivity index (χ2n) is 7.20. The van der Waals surface area contributed by atoms with Crippen molar-refractivity contribution >= 4 is 11.8 Å². The number of carbonyl (C=O) groups excluding carboxylic acids is 2. The molecule has 0 atom stereocenters. The highest BCUT2D eigenvalue weighted by molar-refractivity contribution is 5.79. The second kappa shape index (κ2) is 8.80. The maximum absolute atomic E-state index is 12.5. The average Bonchev–Trinajstić information content (AvgIpc) is 2.70. The maximum Gasteiger partial charge on any atom is 0.251 e. The van der Waals surface area contributed by atoms with E-state index in [9.17, 15) is 9.59 Å². The van der Waals surface area contributed by atoms with Gasteiger partial charge in [-0.25, -0.2) is 9.97 Å². The molecule has 3 rings (SSSR count). The van der Waals surface area contributed by atoms with Crippen molar-refractivity contribution in [3.63, 3.8) is 0 Å². The van der Waals surface area contributed by atoms with Gasteiger partial charge in [0.1, 0.15) is 12.2 Å². The summed E-state index contributed by atoms with van der Waals surface area (Å²) in [5, 5.41) is 12.2. The van der Waals surface area contributed by atoms with Gasteiger partial charge in [-0.15, -0.1) is 0 Å². The van der Waals surface area contributed by atoms with Crippen LogP contribution in [-0.4, -0.2) is 51.9 Å². The number of ether oxygens (including phenoxy) is 1. The van der Waals surface area contributed by atoms with Gasteiger partial charge in [-0.2, -0.15) is 5.26 Å². The minimum atomic E-state index is -0.0132. The maximum atomic E-state index is 12.5. The van der Waals surface area contributed by atoms with Gasteiger partial charge in [0.25, 0.3) is 5.88 Å². The molecule has 0 spiro atoms. The summed E-state index contributed by atoms with van der Waals surface area (Å²) in [4.78, 5) is 33.7. The van der Waals surface area contributed by atoms with Gasteiger partial charge >= 0.3 is 0 Å². The normalized spacial score (nSPS) is 23.3. The number of nitriles is 1. The number of likely N-dealkylation sites (tertiary alicyclic amines) is 1. The Bertz CT molecular complexity index is 716. The molecule has 1 aliphatic heterocycles. The molecule has 2 heterocycles. The molecule has 1 aromatic heterocycles. The summed E-state index contributed by atoms with van der Waals surface area (Å²) in [6, 6.07) is 2.14. The fourth-order valence-electron chi connectivity index (χ4n) is 3.75. The van der Waals surface area contributed by atoms with Crippen LogP contribution in [0.5, 0.6) is 5.88 Å². The molecule has 0 aromatic carbocycles. The fourth-order valence-corrected chi connectivity index (χ4v) is 3.75. The van der Waals surface area contributed by atoms with E-state index in [-0.39, 0.29) is 41.5 Å². The van der Waals surface area contributed by atoms with Crippen molar-refractivity contribution in [2.45, 2.75) is 57.6 Å². The van der Waals surface area contributed by atoms with E-state index in [0.29, 0.717) is 13.1 Å². The molecule has 8 nitrogen and oxygen atoms in total. The van der Waals surface area contributed by atoms with E-state index in [1.807, 2.05) is 6.07 Å². The van der Waals surface area contributed by atoms with Gasteiger partial charge < -0.3 is 15.0 Å². The summed E-state index contributed by atoms with van der Waals surface area (Å²) in [6.45, 7) is 2.89. The standard InChI is InChI=1S/C19H25N5O3/c1-13(25)24-10-6-14(7-11-24)18(26)23-15-2-4-16(5-3-15)27-19-17(12-20)21-8-9-22-19/h8-9,14-16H,2-7,10-11H2,1H3,(H,23,26). The predicted octanol–water partition coefficient (Wildman–Crippen LogP) is 1.41. The predicted molar refractivity (Wildman–Crippen MR) is 96.5 cm³/mol. The quantitative estimate of drug-likeness (QED) is 0.857. The topological polar surface area (TPSA) is 108 Å². The summed E-state index contributed by atoms with van der Waals surface area (Å²) in [6.07, 6.45) is 7.71. The number of hydrogen-bond donors (Lipinski definition) is 1. The number of amides is 2. The van der Waals surface area contributed by atoms with Crippen LogP contribution in [-0.2, 0) is 9.59 Å². The third-order valence-electron chi connectivity index (χ3n) is 5.38. The number of nitrogens with zero attached hydrogens (tertiary/aromatic N) is 4. The lowest BCUT2D eigenvalue weighted by atomic mass is 9.91. The summed E-state index contributed by atoms with van der Waals surface area (Å²) in [5.41, 5.74) is 0.199. The van der Waals surface area contributed by atoms with Crippen molar-refractivity contribution in [1.82, 2.24) is 20.2 Å². The number of rotatable bonds is 4. The molecule has 1 saturated carbocycles.